The van der Waals surface area contributed by atoms with Gasteiger partial charge in [0, 0.05) is 12.4 Å². The summed E-state index contributed by atoms with van der Waals surface area (Å²) in [5.41, 5.74) is 3.94. The molecule has 7 nitrogen and oxygen atoms in total. The molecule has 8 heteroatoms. The summed E-state index contributed by atoms with van der Waals surface area (Å²) in [5.74, 6) is 0.830. The molecular formula is C22H22N6OS. The third kappa shape index (κ3) is 5.24. The number of thiocarbonyl (C=S) groups is 1. The molecule has 0 unspecified atom stereocenters. The molecule has 2 heterocycles. The first-order chi connectivity index (χ1) is 14.7. The summed E-state index contributed by atoms with van der Waals surface area (Å²) in [6.07, 6.45) is 7.33. The van der Waals surface area contributed by atoms with Crippen LogP contribution in [0.25, 0.3) is 0 Å². The van der Waals surface area contributed by atoms with Gasteiger partial charge in [0.05, 0.1) is 44.0 Å². The van der Waals surface area contributed by atoms with Crippen LogP contribution < -0.4 is 15.4 Å². The van der Waals surface area contributed by atoms with Crippen LogP contribution in [0.15, 0.2) is 79.4 Å². The van der Waals surface area contributed by atoms with Gasteiger partial charge in [-0.05, 0) is 35.5 Å². The Morgan fingerprint density at radius 1 is 0.867 bits per heavy atom. The number of aromatic nitrogens is 4. The minimum atomic E-state index is 0.482. The Balaban J connectivity index is 1.31. The third-order valence-electron chi connectivity index (χ3n) is 4.45. The number of methoxy groups -OCH3 is 1. The molecule has 0 fully saturated rings. The lowest BCUT2D eigenvalue weighted by molar-refractivity contribution is 0.414. The largest absolute Gasteiger partial charge is 0.497 e. The number of hydrogen-bond donors (Lipinski definition) is 2. The van der Waals surface area contributed by atoms with Crippen LogP contribution in [0.5, 0.6) is 5.75 Å². The fraction of sp³-hybridized carbons (Fsp3) is 0.136. The van der Waals surface area contributed by atoms with Gasteiger partial charge >= 0.3 is 0 Å². The van der Waals surface area contributed by atoms with E-state index in [-0.39, 0.29) is 0 Å². The summed E-state index contributed by atoms with van der Waals surface area (Å²) >= 11 is 5.42. The Labute approximate surface area is 180 Å². The summed E-state index contributed by atoms with van der Waals surface area (Å²) in [5, 5.41) is 15.6. The van der Waals surface area contributed by atoms with Crippen LogP contribution in [0.4, 0.5) is 11.4 Å². The molecule has 0 spiro atoms. The van der Waals surface area contributed by atoms with Crippen LogP contribution in [0.1, 0.15) is 11.1 Å². The van der Waals surface area contributed by atoms with Gasteiger partial charge in [-0.15, -0.1) is 0 Å². The van der Waals surface area contributed by atoms with Gasteiger partial charge in [-0.1, -0.05) is 42.5 Å². The number of hydrogen-bond acceptors (Lipinski definition) is 4. The van der Waals surface area contributed by atoms with E-state index < -0.39 is 0 Å². The standard InChI is InChI=1S/C22H22N6OS/c1-29-21-9-5-8-18(10-21)14-28-16-20(12-24-28)26-22(30)25-19-11-23-27(15-19)13-17-6-3-2-4-7-17/h2-12,15-16H,13-14H2,1H3,(H2,25,26,30). The lowest BCUT2D eigenvalue weighted by Crippen LogP contribution is -2.18. The van der Waals surface area contributed by atoms with Crippen molar-refractivity contribution in [2.24, 2.45) is 0 Å². The summed E-state index contributed by atoms with van der Waals surface area (Å²) in [6.45, 7) is 1.35. The Hall–Kier alpha value is -3.65. The number of ether oxygens (including phenoxy) is 1. The minimum Gasteiger partial charge on any atom is -0.497 e. The Kier molecular flexibility index (Phi) is 6.05. The van der Waals surface area contributed by atoms with Crippen molar-refractivity contribution in [1.29, 1.82) is 0 Å². The molecular weight excluding hydrogens is 396 g/mol. The highest BCUT2D eigenvalue weighted by Crippen LogP contribution is 2.15. The molecule has 0 saturated carbocycles. The SMILES string of the molecule is COc1cccc(Cn2cc(NC(=S)Nc3cnn(Cc4ccccc4)c3)cn2)c1. The van der Waals surface area contributed by atoms with Gasteiger partial charge in [-0.25, -0.2) is 0 Å². The van der Waals surface area contributed by atoms with E-state index in [0.29, 0.717) is 18.2 Å². The van der Waals surface area contributed by atoms with E-state index in [9.17, 15) is 0 Å². The van der Waals surface area contributed by atoms with Crippen LogP contribution in [-0.2, 0) is 13.1 Å². The van der Waals surface area contributed by atoms with Crippen LogP contribution in [0, 0.1) is 0 Å². The lowest BCUT2D eigenvalue weighted by Gasteiger charge is -2.07. The van der Waals surface area contributed by atoms with Crippen LogP contribution in [0.2, 0.25) is 0 Å². The topological polar surface area (TPSA) is 68.9 Å². The predicted octanol–water partition coefficient (Wildman–Crippen LogP) is 3.99. The molecule has 2 N–H and O–H groups in total. The average molecular weight is 419 g/mol. The van der Waals surface area contributed by atoms with Crippen LogP contribution in [-0.4, -0.2) is 31.8 Å². The highest BCUT2D eigenvalue weighted by atomic mass is 32.1. The van der Waals surface area contributed by atoms with Crippen molar-refractivity contribution >= 4 is 28.7 Å². The highest BCUT2D eigenvalue weighted by molar-refractivity contribution is 7.80. The average Bonchev–Trinajstić information content (AvgIpc) is 3.38. The fourth-order valence-electron chi connectivity index (χ4n) is 3.05. The van der Waals surface area contributed by atoms with E-state index in [2.05, 4.69) is 33.0 Å². The molecule has 0 aliphatic carbocycles. The van der Waals surface area contributed by atoms with Gasteiger partial charge in [0.25, 0.3) is 0 Å². The molecule has 4 aromatic rings. The Morgan fingerprint density at radius 2 is 1.47 bits per heavy atom. The second-order valence-electron chi connectivity index (χ2n) is 6.77. The fourth-order valence-corrected chi connectivity index (χ4v) is 3.29. The lowest BCUT2D eigenvalue weighted by atomic mass is 10.2. The van der Waals surface area contributed by atoms with Crippen molar-refractivity contribution in [3.63, 3.8) is 0 Å². The number of anilines is 2. The minimum absolute atomic E-state index is 0.482. The first-order valence-electron chi connectivity index (χ1n) is 9.48. The van der Waals surface area contributed by atoms with E-state index in [0.717, 1.165) is 22.7 Å². The molecule has 4 rings (SSSR count). The van der Waals surface area contributed by atoms with Crippen molar-refractivity contribution in [2.75, 3.05) is 17.7 Å². The van der Waals surface area contributed by atoms with Crippen molar-refractivity contribution in [3.05, 3.63) is 90.5 Å². The molecule has 152 valence electrons. The van der Waals surface area contributed by atoms with Crippen molar-refractivity contribution in [3.8, 4) is 5.75 Å². The quantitative estimate of drug-likeness (QED) is 0.442. The molecule has 2 aromatic carbocycles. The molecule has 0 aliphatic rings. The second kappa shape index (κ2) is 9.23. The molecule has 0 amide bonds. The first kappa shape index (κ1) is 19.7. The Bertz CT molecular complexity index is 1120. The van der Waals surface area contributed by atoms with Gasteiger partial charge in [-0.3, -0.25) is 9.36 Å². The molecule has 30 heavy (non-hydrogen) atoms. The summed E-state index contributed by atoms with van der Waals surface area (Å²) < 4.78 is 8.98. The molecule has 0 aliphatic heterocycles. The zero-order valence-electron chi connectivity index (χ0n) is 16.5. The molecule has 2 aromatic heterocycles. The highest BCUT2D eigenvalue weighted by Gasteiger charge is 2.05. The number of nitrogens with zero attached hydrogens (tertiary/aromatic N) is 4. The van der Waals surface area contributed by atoms with Gasteiger partial charge in [0.15, 0.2) is 5.11 Å². The van der Waals surface area contributed by atoms with Crippen LogP contribution in [0.3, 0.4) is 0 Å². The summed E-state index contributed by atoms with van der Waals surface area (Å²) in [4.78, 5) is 0. The van der Waals surface area contributed by atoms with E-state index >= 15 is 0 Å². The predicted molar refractivity (Wildman–Crippen MR) is 122 cm³/mol. The number of benzene rings is 2. The summed E-state index contributed by atoms with van der Waals surface area (Å²) in [7, 11) is 1.66. The molecule has 0 atom stereocenters. The zero-order chi connectivity index (χ0) is 20.8. The van der Waals surface area contributed by atoms with E-state index in [1.807, 2.05) is 64.2 Å². The normalized spacial score (nSPS) is 10.6. The van der Waals surface area contributed by atoms with E-state index in [4.69, 9.17) is 17.0 Å². The number of rotatable bonds is 7. The maximum absolute atomic E-state index is 5.42. The Morgan fingerprint density at radius 3 is 2.10 bits per heavy atom. The van der Waals surface area contributed by atoms with Crippen molar-refractivity contribution < 1.29 is 4.74 Å². The first-order valence-corrected chi connectivity index (χ1v) is 9.88. The maximum atomic E-state index is 5.42. The maximum Gasteiger partial charge on any atom is 0.175 e. The molecule has 0 radical (unpaired) electrons. The smallest absolute Gasteiger partial charge is 0.175 e. The molecule has 0 saturated heterocycles. The zero-order valence-corrected chi connectivity index (χ0v) is 17.3. The second-order valence-corrected chi connectivity index (χ2v) is 7.18. The van der Waals surface area contributed by atoms with E-state index in [1.165, 1.54) is 5.56 Å². The third-order valence-corrected chi connectivity index (χ3v) is 4.65. The van der Waals surface area contributed by atoms with Crippen molar-refractivity contribution in [1.82, 2.24) is 19.6 Å². The van der Waals surface area contributed by atoms with Gasteiger partial charge in [0.1, 0.15) is 5.75 Å². The van der Waals surface area contributed by atoms with Gasteiger partial charge < -0.3 is 15.4 Å². The van der Waals surface area contributed by atoms with E-state index in [1.54, 1.807) is 19.5 Å². The summed E-state index contributed by atoms with van der Waals surface area (Å²) in [6, 6.07) is 18.1. The van der Waals surface area contributed by atoms with Crippen molar-refractivity contribution in [2.45, 2.75) is 13.1 Å². The van der Waals surface area contributed by atoms with Gasteiger partial charge in [0.2, 0.25) is 0 Å². The molecule has 0 bridgehead atoms. The van der Waals surface area contributed by atoms with Crippen LogP contribution >= 0.6 is 12.2 Å². The number of nitrogens with one attached hydrogen (secondary N) is 2. The monoisotopic (exact) mass is 418 g/mol. The van der Waals surface area contributed by atoms with Gasteiger partial charge in [-0.2, -0.15) is 10.2 Å².